The molecule has 1 aromatic carbocycles. The average molecular weight is 248 g/mol. The molecule has 98 valence electrons. The van der Waals surface area contributed by atoms with Crippen molar-refractivity contribution in [1.29, 1.82) is 0 Å². The quantitative estimate of drug-likeness (QED) is 0.850. The minimum Gasteiger partial charge on any atom is -0.497 e. The number of amides is 1. The Morgan fingerprint density at radius 2 is 2.33 bits per heavy atom. The molecule has 2 atom stereocenters. The van der Waals surface area contributed by atoms with Gasteiger partial charge in [-0.3, -0.25) is 4.79 Å². The number of carbonyl (C=O) groups excluding carboxylic acids is 1. The van der Waals surface area contributed by atoms with Crippen LogP contribution in [-0.4, -0.2) is 32.1 Å². The number of benzene rings is 1. The lowest BCUT2D eigenvalue weighted by Crippen LogP contribution is -2.50. The van der Waals surface area contributed by atoms with Gasteiger partial charge in [0.05, 0.1) is 7.11 Å². The van der Waals surface area contributed by atoms with E-state index in [1.54, 1.807) is 19.2 Å². The van der Waals surface area contributed by atoms with Crippen molar-refractivity contribution in [2.75, 3.05) is 20.2 Å². The van der Waals surface area contributed by atoms with E-state index in [-0.39, 0.29) is 11.9 Å². The van der Waals surface area contributed by atoms with Gasteiger partial charge in [-0.2, -0.15) is 0 Å². The second kappa shape index (κ2) is 5.87. The number of methoxy groups -OCH3 is 1. The topological polar surface area (TPSA) is 50.4 Å². The predicted octanol–water partition coefficient (Wildman–Crippen LogP) is 1.42. The summed E-state index contributed by atoms with van der Waals surface area (Å²) in [6.45, 7) is 4.06. The van der Waals surface area contributed by atoms with Crippen LogP contribution in [0.15, 0.2) is 24.3 Å². The van der Waals surface area contributed by atoms with Gasteiger partial charge in [0.1, 0.15) is 5.75 Å². The third-order valence-corrected chi connectivity index (χ3v) is 3.48. The van der Waals surface area contributed by atoms with E-state index in [1.807, 2.05) is 12.1 Å². The molecule has 4 heteroatoms. The van der Waals surface area contributed by atoms with Gasteiger partial charge in [0.2, 0.25) is 0 Å². The lowest BCUT2D eigenvalue weighted by atomic mass is 9.94. The molecule has 0 aliphatic carbocycles. The van der Waals surface area contributed by atoms with Crippen molar-refractivity contribution in [3.05, 3.63) is 29.8 Å². The molecule has 2 unspecified atom stereocenters. The van der Waals surface area contributed by atoms with Crippen LogP contribution < -0.4 is 15.4 Å². The van der Waals surface area contributed by atoms with Gasteiger partial charge in [-0.05, 0) is 37.1 Å². The summed E-state index contributed by atoms with van der Waals surface area (Å²) in [6, 6.07) is 7.44. The van der Waals surface area contributed by atoms with Crippen LogP contribution >= 0.6 is 0 Å². The highest BCUT2D eigenvalue weighted by atomic mass is 16.5. The molecule has 0 spiro atoms. The van der Waals surface area contributed by atoms with Crippen LogP contribution in [0.5, 0.6) is 5.75 Å². The van der Waals surface area contributed by atoms with E-state index < -0.39 is 0 Å². The Balaban J connectivity index is 2.02. The van der Waals surface area contributed by atoms with Crippen molar-refractivity contribution in [2.24, 2.45) is 5.92 Å². The van der Waals surface area contributed by atoms with Crippen molar-refractivity contribution < 1.29 is 9.53 Å². The minimum atomic E-state index is -0.0329. The molecule has 4 nitrogen and oxygen atoms in total. The van der Waals surface area contributed by atoms with E-state index >= 15 is 0 Å². The SMILES string of the molecule is COc1cccc(C(=O)NC2CNCCC2C)c1. The van der Waals surface area contributed by atoms with Crippen LogP contribution in [0, 0.1) is 5.92 Å². The lowest BCUT2D eigenvalue weighted by Gasteiger charge is -2.30. The van der Waals surface area contributed by atoms with Crippen molar-refractivity contribution in [3.8, 4) is 5.75 Å². The van der Waals surface area contributed by atoms with Crippen molar-refractivity contribution in [3.63, 3.8) is 0 Å². The van der Waals surface area contributed by atoms with E-state index in [0.29, 0.717) is 17.2 Å². The number of piperidine rings is 1. The molecule has 1 aliphatic rings. The molecule has 1 fully saturated rings. The van der Waals surface area contributed by atoms with Crippen LogP contribution in [-0.2, 0) is 0 Å². The van der Waals surface area contributed by atoms with E-state index in [9.17, 15) is 4.79 Å². The molecule has 1 saturated heterocycles. The highest BCUT2D eigenvalue weighted by Crippen LogP contribution is 2.15. The molecule has 0 saturated carbocycles. The second-order valence-corrected chi connectivity index (χ2v) is 4.78. The van der Waals surface area contributed by atoms with Gasteiger partial charge in [0.25, 0.3) is 5.91 Å². The number of ether oxygens (including phenoxy) is 1. The van der Waals surface area contributed by atoms with E-state index in [2.05, 4.69) is 17.6 Å². The zero-order valence-electron chi connectivity index (χ0n) is 10.9. The molecule has 1 aliphatic heterocycles. The maximum Gasteiger partial charge on any atom is 0.251 e. The number of hydrogen-bond donors (Lipinski definition) is 2. The number of hydrogen-bond acceptors (Lipinski definition) is 3. The second-order valence-electron chi connectivity index (χ2n) is 4.78. The molecular formula is C14H20N2O2. The van der Waals surface area contributed by atoms with Gasteiger partial charge in [-0.25, -0.2) is 0 Å². The lowest BCUT2D eigenvalue weighted by molar-refractivity contribution is 0.0915. The molecule has 0 bridgehead atoms. The maximum atomic E-state index is 12.1. The van der Waals surface area contributed by atoms with E-state index in [0.717, 1.165) is 19.5 Å². The Bertz CT molecular complexity index is 420. The van der Waals surface area contributed by atoms with E-state index in [4.69, 9.17) is 4.74 Å². The third kappa shape index (κ3) is 3.01. The van der Waals surface area contributed by atoms with Crippen molar-refractivity contribution in [1.82, 2.24) is 10.6 Å². The summed E-state index contributed by atoms with van der Waals surface area (Å²) in [5, 5.41) is 6.38. The van der Waals surface area contributed by atoms with Gasteiger partial charge in [-0.15, -0.1) is 0 Å². The standard InChI is InChI=1S/C14H20N2O2/c1-10-6-7-15-9-13(10)16-14(17)11-4-3-5-12(8-11)18-2/h3-5,8,10,13,15H,6-7,9H2,1-2H3,(H,16,17). The van der Waals surface area contributed by atoms with Gasteiger partial charge >= 0.3 is 0 Å². The molecule has 2 rings (SSSR count). The fourth-order valence-corrected chi connectivity index (χ4v) is 2.20. The fraction of sp³-hybridized carbons (Fsp3) is 0.500. The zero-order chi connectivity index (χ0) is 13.0. The fourth-order valence-electron chi connectivity index (χ4n) is 2.20. The first-order valence-electron chi connectivity index (χ1n) is 6.36. The highest BCUT2D eigenvalue weighted by molar-refractivity contribution is 5.94. The van der Waals surface area contributed by atoms with Crippen molar-refractivity contribution in [2.45, 2.75) is 19.4 Å². The first-order valence-corrected chi connectivity index (χ1v) is 6.36. The summed E-state index contributed by atoms with van der Waals surface area (Å²) in [5.41, 5.74) is 0.645. The van der Waals surface area contributed by atoms with E-state index in [1.165, 1.54) is 0 Å². The molecule has 1 aromatic rings. The summed E-state index contributed by atoms with van der Waals surface area (Å²) in [5.74, 6) is 1.19. The number of nitrogens with one attached hydrogen (secondary N) is 2. The van der Waals surface area contributed by atoms with Gasteiger partial charge in [0.15, 0.2) is 0 Å². The first-order chi connectivity index (χ1) is 8.70. The van der Waals surface area contributed by atoms with Crippen LogP contribution in [0.4, 0.5) is 0 Å². The third-order valence-electron chi connectivity index (χ3n) is 3.48. The first kappa shape index (κ1) is 12.9. The Hall–Kier alpha value is -1.55. The van der Waals surface area contributed by atoms with Gasteiger partial charge in [-0.1, -0.05) is 13.0 Å². The summed E-state index contributed by atoms with van der Waals surface area (Å²) in [6.07, 6.45) is 1.10. The van der Waals surface area contributed by atoms with Crippen LogP contribution in [0.2, 0.25) is 0 Å². The highest BCUT2D eigenvalue weighted by Gasteiger charge is 2.23. The summed E-state index contributed by atoms with van der Waals surface area (Å²) in [4.78, 5) is 12.1. The Morgan fingerprint density at radius 1 is 1.50 bits per heavy atom. The smallest absolute Gasteiger partial charge is 0.251 e. The zero-order valence-corrected chi connectivity index (χ0v) is 10.9. The molecule has 1 heterocycles. The number of rotatable bonds is 3. The molecule has 1 amide bonds. The van der Waals surface area contributed by atoms with Gasteiger partial charge < -0.3 is 15.4 Å². The van der Waals surface area contributed by atoms with Crippen molar-refractivity contribution >= 4 is 5.91 Å². The molecular weight excluding hydrogens is 228 g/mol. The van der Waals surface area contributed by atoms with Crippen LogP contribution in [0.25, 0.3) is 0 Å². The minimum absolute atomic E-state index is 0.0329. The summed E-state index contributed by atoms with van der Waals surface area (Å²) in [7, 11) is 1.60. The van der Waals surface area contributed by atoms with Gasteiger partial charge in [0, 0.05) is 18.2 Å². The average Bonchev–Trinajstić information content (AvgIpc) is 2.41. The maximum absolute atomic E-state index is 12.1. The largest absolute Gasteiger partial charge is 0.497 e. The molecule has 0 radical (unpaired) electrons. The Kier molecular flexibility index (Phi) is 4.20. The molecule has 0 aromatic heterocycles. The summed E-state index contributed by atoms with van der Waals surface area (Å²) >= 11 is 0. The van der Waals surface area contributed by atoms with Crippen LogP contribution in [0.3, 0.4) is 0 Å². The number of carbonyl (C=O) groups is 1. The molecule has 18 heavy (non-hydrogen) atoms. The normalized spacial score (nSPS) is 23.4. The summed E-state index contributed by atoms with van der Waals surface area (Å²) < 4.78 is 5.12. The van der Waals surface area contributed by atoms with Crippen LogP contribution in [0.1, 0.15) is 23.7 Å². The molecule has 2 N–H and O–H groups in total. The predicted molar refractivity (Wildman–Crippen MR) is 70.9 cm³/mol. The Labute approximate surface area is 108 Å². The Morgan fingerprint density at radius 3 is 3.06 bits per heavy atom. The monoisotopic (exact) mass is 248 g/mol.